The average molecular weight is 421 g/mol. The lowest BCUT2D eigenvalue weighted by atomic mass is 10.1. The zero-order valence-electron chi connectivity index (χ0n) is 17.5. The van der Waals surface area contributed by atoms with Gasteiger partial charge >= 0.3 is 11.9 Å². The van der Waals surface area contributed by atoms with Crippen LogP contribution in [0.4, 0.5) is 5.69 Å². The standard InChI is InChI=1S/C23H23N3O5/c1-4-31-23(29)16-10-12-17(13-11-16)24-15(2)21-19(14-20(27)30-3)25-26(22(21)28)18-8-6-5-7-9-18/h5-13,25H,4,14H2,1-3H3. The number of benzene rings is 2. The zero-order chi connectivity index (χ0) is 22.4. The molecule has 8 heteroatoms. The van der Waals surface area contributed by atoms with Gasteiger partial charge in [0, 0.05) is 0 Å². The van der Waals surface area contributed by atoms with Gasteiger partial charge in [-0.3, -0.25) is 19.7 Å². The Kier molecular flexibility index (Phi) is 6.81. The molecule has 0 unspecified atom stereocenters. The minimum Gasteiger partial charge on any atom is -0.469 e. The SMILES string of the molecule is CCOC(=O)c1ccc(N=C(C)c2c(CC(=O)OC)[nH]n(-c3ccccc3)c2=O)cc1. The van der Waals surface area contributed by atoms with Gasteiger partial charge in [0.15, 0.2) is 0 Å². The van der Waals surface area contributed by atoms with Crippen LogP contribution in [-0.4, -0.2) is 41.1 Å². The van der Waals surface area contributed by atoms with Crippen molar-refractivity contribution in [2.24, 2.45) is 4.99 Å². The largest absolute Gasteiger partial charge is 0.469 e. The first-order valence-electron chi connectivity index (χ1n) is 9.73. The fraction of sp³-hybridized carbons (Fsp3) is 0.217. The van der Waals surface area contributed by atoms with Crippen LogP contribution in [0.2, 0.25) is 0 Å². The van der Waals surface area contributed by atoms with Crippen LogP contribution in [0.3, 0.4) is 0 Å². The maximum atomic E-state index is 13.1. The molecule has 0 fully saturated rings. The number of hydrogen-bond acceptors (Lipinski definition) is 6. The Hall–Kier alpha value is -3.94. The topological polar surface area (TPSA) is 103 Å². The van der Waals surface area contributed by atoms with E-state index >= 15 is 0 Å². The summed E-state index contributed by atoms with van der Waals surface area (Å²) in [6.07, 6.45) is -0.102. The van der Waals surface area contributed by atoms with E-state index in [2.05, 4.69) is 10.1 Å². The molecular formula is C23H23N3O5. The molecule has 0 amide bonds. The number of hydrogen-bond donors (Lipinski definition) is 1. The fourth-order valence-corrected chi connectivity index (χ4v) is 3.09. The smallest absolute Gasteiger partial charge is 0.338 e. The van der Waals surface area contributed by atoms with Crippen LogP contribution in [0.1, 0.15) is 35.5 Å². The number of methoxy groups -OCH3 is 1. The Balaban J connectivity index is 2.01. The second-order valence-electron chi connectivity index (χ2n) is 6.66. The highest BCUT2D eigenvalue weighted by atomic mass is 16.5. The summed E-state index contributed by atoms with van der Waals surface area (Å²) in [7, 11) is 1.29. The van der Waals surface area contributed by atoms with Crippen LogP contribution >= 0.6 is 0 Å². The van der Waals surface area contributed by atoms with Crippen LogP contribution in [0.5, 0.6) is 0 Å². The van der Waals surface area contributed by atoms with Crippen LogP contribution < -0.4 is 5.56 Å². The highest BCUT2D eigenvalue weighted by molar-refractivity contribution is 6.01. The molecule has 160 valence electrons. The van der Waals surface area contributed by atoms with Crippen molar-refractivity contribution in [3.8, 4) is 5.69 Å². The van der Waals surface area contributed by atoms with E-state index < -0.39 is 11.9 Å². The first-order chi connectivity index (χ1) is 14.9. The van der Waals surface area contributed by atoms with Crippen molar-refractivity contribution in [1.82, 2.24) is 9.78 Å². The summed E-state index contributed by atoms with van der Waals surface area (Å²) in [5.74, 6) is -0.888. The highest BCUT2D eigenvalue weighted by Gasteiger charge is 2.20. The van der Waals surface area contributed by atoms with Crippen LogP contribution in [0.15, 0.2) is 64.4 Å². The maximum Gasteiger partial charge on any atom is 0.338 e. The van der Waals surface area contributed by atoms with Crippen molar-refractivity contribution in [1.29, 1.82) is 0 Å². The molecule has 0 aliphatic carbocycles. The van der Waals surface area contributed by atoms with Gasteiger partial charge in [0.25, 0.3) is 5.56 Å². The van der Waals surface area contributed by atoms with Gasteiger partial charge in [0.2, 0.25) is 0 Å². The second-order valence-corrected chi connectivity index (χ2v) is 6.66. The molecule has 8 nitrogen and oxygen atoms in total. The molecule has 0 spiro atoms. The van der Waals surface area contributed by atoms with Crippen LogP contribution in [0, 0.1) is 0 Å². The van der Waals surface area contributed by atoms with Crippen molar-refractivity contribution < 1.29 is 19.1 Å². The number of rotatable bonds is 7. The van der Waals surface area contributed by atoms with Crippen LogP contribution in [-0.2, 0) is 20.7 Å². The number of para-hydroxylation sites is 1. The normalized spacial score (nSPS) is 11.3. The molecule has 1 heterocycles. The van der Waals surface area contributed by atoms with E-state index in [1.807, 2.05) is 18.2 Å². The minimum absolute atomic E-state index is 0.102. The number of carbonyl (C=O) groups is 2. The molecule has 1 N–H and O–H groups in total. The lowest BCUT2D eigenvalue weighted by molar-refractivity contribution is -0.139. The molecule has 0 aliphatic rings. The van der Waals surface area contributed by atoms with Gasteiger partial charge in [-0.2, -0.15) is 0 Å². The quantitative estimate of drug-likeness (QED) is 0.466. The Morgan fingerprint density at radius 1 is 1.06 bits per heavy atom. The number of nitrogens with zero attached hydrogens (tertiary/aromatic N) is 2. The molecule has 0 atom stereocenters. The molecule has 0 bridgehead atoms. The molecule has 0 radical (unpaired) electrons. The Morgan fingerprint density at radius 2 is 1.74 bits per heavy atom. The molecular weight excluding hydrogens is 398 g/mol. The summed E-state index contributed by atoms with van der Waals surface area (Å²) < 4.78 is 11.1. The van der Waals surface area contributed by atoms with Crippen molar-refractivity contribution in [3.05, 3.63) is 81.8 Å². The van der Waals surface area contributed by atoms with E-state index in [0.29, 0.717) is 40.5 Å². The van der Waals surface area contributed by atoms with Gasteiger partial charge in [0.05, 0.1) is 54.0 Å². The van der Waals surface area contributed by atoms with Crippen LogP contribution in [0.25, 0.3) is 5.69 Å². The number of aliphatic imine (C=N–C) groups is 1. The third kappa shape index (κ3) is 4.98. The Bertz CT molecular complexity index is 1160. The lowest BCUT2D eigenvalue weighted by Crippen LogP contribution is -2.20. The van der Waals surface area contributed by atoms with Gasteiger partial charge in [-0.1, -0.05) is 18.2 Å². The van der Waals surface area contributed by atoms with Crippen molar-refractivity contribution in [2.75, 3.05) is 13.7 Å². The number of aromatic nitrogens is 2. The van der Waals surface area contributed by atoms with E-state index in [-0.39, 0.29) is 12.0 Å². The number of carbonyl (C=O) groups excluding carboxylic acids is 2. The molecule has 31 heavy (non-hydrogen) atoms. The van der Waals surface area contributed by atoms with Crippen molar-refractivity contribution in [2.45, 2.75) is 20.3 Å². The predicted molar refractivity (Wildman–Crippen MR) is 116 cm³/mol. The molecule has 0 saturated carbocycles. The summed E-state index contributed by atoms with van der Waals surface area (Å²) in [5, 5.41) is 3.00. The van der Waals surface area contributed by atoms with E-state index in [4.69, 9.17) is 9.47 Å². The minimum atomic E-state index is -0.477. The maximum absolute atomic E-state index is 13.1. The third-order valence-corrected chi connectivity index (χ3v) is 4.57. The Morgan fingerprint density at radius 3 is 2.35 bits per heavy atom. The monoisotopic (exact) mass is 421 g/mol. The highest BCUT2D eigenvalue weighted by Crippen LogP contribution is 2.17. The number of ether oxygens (including phenoxy) is 2. The molecule has 0 aliphatic heterocycles. The predicted octanol–water partition coefficient (Wildman–Crippen LogP) is 3.20. The van der Waals surface area contributed by atoms with Gasteiger partial charge in [-0.25, -0.2) is 9.48 Å². The summed E-state index contributed by atoms with van der Waals surface area (Å²) in [6, 6.07) is 15.6. The third-order valence-electron chi connectivity index (χ3n) is 4.57. The Labute approximate surface area is 179 Å². The van der Waals surface area contributed by atoms with Gasteiger partial charge in [0.1, 0.15) is 0 Å². The average Bonchev–Trinajstić information content (AvgIpc) is 3.10. The molecule has 1 aromatic heterocycles. The number of aromatic amines is 1. The zero-order valence-corrected chi connectivity index (χ0v) is 17.5. The van der Waals surface area contributed by atoms with Crippen molar-refractivity contribution in [3.63, 3.8) is 0 Å². The molecule has 0 saturated heterocycles. The lowest BCUT2D eigenvalue weighted by Gasteiger charge is -2.03. The van der Waals surface area contributed by atoms with E-state index in [1.54, 1.807) is 50.2 Å². The summed E-state index contributed by atoms with van der Waals surface area (Å²) in [6.45, 7) is 3.73. The number of H-pyrrole nitrogens is 1. The van der Waals surface area contributed by atoms with E-state index in [1.165, 1.54) is 11.8 Å². The number of esters is 2. The first-order valence-corrected chi connectivity index (χ1v) is 9.73. The first kappa shape index (κ1) is 21.8. The van der Waals surface area contributed by atoms with E-state index in [0.717, 1.165) is 0 Å². The van der Waals surface area contributed by atoms with Gasteiger partial charge < -0.3 is 9.47 Å². The van der Waals surface area contributed by atoms with Gasteiger partial charge in [-0.15, -0.1) is 0 Å². The summed E-state index contributed by atoms with van der Waals surface area (Å²) in [5.41, 5.74) is 2.41. The van der Waals surface area contributed by atoms with Gasteiger partial charge in [-0.05, 0) is 50.2 Å². The summed E-state index contributed by atoms with van der Waals surface area (Å²) in [4.78, 5) is 41.4. The molecule has 3 rings (SSSR count). The number of nitrogens with one attached hydrogen (secondary N) is 1. The van der Waals surface area contributed by atoms with Crippen molar-refractivity contribution >= 4 is 23.3 Å². The summed E-state index contributed by atoms with van der Waals surface area (Å²) >= 11 is 0. The second kappa shape index (κ2) is 9.71. The van der Waals surface area contributed by atoms with E-state index in [9.17, 15) is 14.4 Å². The molecule has 2 aromatic carbocycles. The fourth-order valence-electron chi connectivity index (χ4n) is 3.09. The molecule has 3 aromatic rings.